The lowest BCUT2D eigenvalue weighted by Gasteiger charge is -2.10. The number of ether oxygens (including phenoxy) is 2. The average molecular weight is 294 g/mol. The van der Waals surface area contributed by atoms with Crippen molar-refractivity contribution in [2.45, 2.75) is 4.90 Å². The van der Waals surface area contributed by atoms with Crippen LogP contribution in [0, 0.1) is 5.82 Å². The molecule has 20 heavy (non-hydrogen) atoms. The zero-order valence-corrected chi connectivity index (χ0v) is 11.9. The number of halogens is 1. The maximum Gasteiger partial charge on any atom is 0.161 e. The molecule has 2 aromatic rings. The Balaban J connectivity index is 1.89. The summed E-state index contributed by atoms with van der Waals surface area (Å²) in [5, 5.41) is 0. The highest BCUT2D eigenvalue weighted by Crippen LogP contribution is 2.25. The zero-order valence-electron chi connectivity index (χ0n) is 11.0. The molecule has 0 fully saturated rings. The third-order valence-corrected chi connectivity index (χ3v) is 4.01. The molecular formula is C15H15FO3S. The molecule has 106 valence electrons. The van der Waals surface area contributed by atoms with E-state index >= 15 is 0 Å². The molecular weight excluding hydrogens is 279 g/mol. The van der Waals surface area contributed by atoms with Crippen LogP contribution in [0.25, 0.3) is 0 Å². The first-order valence-electron chi connectivity index (χ1n) is 6.10. The summed E-state index contributed by atoms with van der Waals surface area (Å²) >= 11 is 0. The molecule has 3 nitrogen and oxygen atoms in total. The minimum atomic E-state index is -1.21. The minimum Gasteiger partial charge on any atom is -0.493 e. The Morgan fingerprint density at radius 3 is 2.35 bits per heavy atom. The van der Waals surface area contributed by atoms with Gasteiger partial charge < -0.3 is 9.47 Å². The Kier molecular flexibility index (Phi) is 5.12. The van der Waals surface area contributed by atoms with Crippen molar-refractivity contribution in [1.82, 2.24) is 0 Å². The van der Waals surface area contributed by atoms with Gasteiger partial charge in [0.15, 0.2) is 11.5 Å². The van der Waals surface area contributed by atoms with Crippen LogP contribution in [0.1, 0.15) is 0 Å². The monoisotopic (exact) mass is 294 g/mol. The van der Waals surface area contributed by atoms with Gasteiger partial charge in [0.05, 0.1) is 23.7 Å². The molecule has 1 atom stereocenters. The van der Waals surface area contributed by atoms with Gasteiger partial charge in [0.1, 0.15) is 12.4 Å². The molecule has 0 aliphatic carbocycles. The van der Waals surface area contributed by atoms with Crippen LogP contribution in [0.4, 0.5) is 4.39 Å². The predicted octanol–water partition coefficient (Wildman–Crippen LogP) is 3.02. The summed E-state index contributed by atoms with van der Waals surface area (Å²) in [4.78, 5) is 0.593. The lowest BCUT2D eigenvalue weighted by Crippen LogP contribution is -2.09. The van der Waals surface area contributed by atoms with Crippen LogP contribution in [-0.4, -0.2) is 23.7 Å². The zero-order chi connectivity index (χ0) is 14.4. The molecule has 0 bridgehead atoms. The molecule has 0 aromatic heterocycles. The van der Waals surface area contributed by atoms with E-state index in [0.717, 1.165) is 0 Å². The highest BCUT2D eigenvalue weighted by Gasteiger charge is 2.06. The standard InChI is InChI=1S/C15H15FO3S/c1-18-14-4-2-3-5-15(14)19-10-11-20(17)13-8-6-12(16)7-9-13/h2-9H,10-11H2,1H3. The first-order valence-corrected chi connectivity index (χ1v) is 7.42. The highest BCUT2D eigenvalue weighted by atomic mass is 32.2. The molecule has 0 radical (unpaired) electrons. The molecule has 0 aliphatic heterocycles. The summed E-state index contributed by atoms with van der Waals surface area (Å²) in [7, 11) is 0.362. The third-order valence-electron chi connectivity index (χ3n) is 2.67. The average Bonchev–Trinajstić information content (AvgIpc) is 2.48. The van der Waals surface area contributed by atoms with Gasteiger partial charge in [0, 0.05) is 4.90 Å². The van der Waals surface area contributed by atoms with Crippen molar-refractivity contribution in [2.75, 3.05) is 19.5 Å². The molecule has 0 spiro atoms. The van der Waals surface area contributed by atoms with E-state index < -0.39 is 10.8 Å². The second kappa shape index (κ2) is 7.05. The molecule has 0 N–H and O–H groups in total. The van der Waals surface area contributed by atoms with Crippen LogP contribution < -0.4 is 9.47 Å². The van der Waals surface area contributed by atoms with E-state index in [4.69, 9.17) is 9.47 Å². The highest BCUT2D eigenvalue weighted by molar-refractivity contribution is 7.85. The van der Waals surface area contributed by atoms with Gasteiger partial charge >= 0.3 is 0 Å². The van der Waals surface area contributed by atoms with Crippen molar-refractivity contribution in [3.05, 3.63) is 54.3 Å². The number of benzene rings is 2. The van der Waals surface area contributed by atoms with E-state index in [1.54, 1.807) is 19.2 Å². The van der Waals surface area contributed by atoms with Crippen molar-refractivity contribution >= 4 is 10.8 Å². The van der Waals surface area contributed by atoms with Crippen molar-refractivity contribution < 1.29 is 18.1 Å². The van der Waals surface area contributed by atoms with Crippen molar-refractivity contribution in [2.24, 2.45) is 0 Å². The Morgan fingerprint density at radius 2 is 1.70 bits per heavy atom. The fourth-order valence-electron chi connectivity index (χ4n) is 1.67. The van der Waals surface area contributed by atoms with E-state index in [9.17, 15) is 8.60 Å². The quantitative estimate of drug-likeness (QED) is 0.821. The molecule has 0 amide bonds. The first kappa shape index (κ1) is 14.5. The molecule has 2 aromatic carbocycles. The second-order valence-corrected chi connectivity index (χ2v) is 5.57. The summed E-state index contributed by atoms with van der Waals surface area (Å²) < 4.78 is 35.5. The van der Waals surface area contributed by atoms with Gasteiger partial charge in [-0.1, -0.05) is 12.1 Å². The summed E-state index contributed by atoms with van der Waals surface area (Å²) in [6.07, 6.45) is 0. The second-order valence-electron chi connectivity index (χ2n) is 4.00. The number of methoxy groups -OCH3 is 1. The summed E-state index contributed by atoms with van der Waals surface area (Å²) in [5.41, 5.74) is 0. The van der Waals surface area contributed by atoms with E-state index in [0.29, 0.717) is 28.8 Å². The van der Waals surface area contributed by atoms with Crippen molar-refractivity contribution in [1.29, 1.82) is 0 Å². The smallest absolute Gasteiger partial charge is 0.161 e. The Bertz CT molecular complexity index is 584. The van der Waals surface area contributed by atoms with Crippen molar-refractivity contribution in [3.63, 3.8) is 0 Å². The van der Waals surface area contributed by atoms with Crippen LogP contribution in [0.2, 0.25) is 0 Å². The maximum absolute atomic E-state index is 12.8. The van der Waals surface area contributed by atoms with E-state index in [1.165, 1.54) is 24.3 Å². The molecule has 0 heterocycles. The number of hydrogen-bond donors (Lipinski definition) is 0. The predicted molar refractivity (Wildman–Crippen MR) is 76.2 cm³/mol. The molecule has 2 rings (SSSR count). The van der Waals surface area contributed by atoms with E-state index in [2.05, 4.69) is 0 Å². The lowest BCUT2D eigenvalue weighted by molar-refractivity contribution is 0.312. The van der Waals surface area contributed by atoms with Gasteiger partial charge in [0.2, 0.25) is 0 Å². The van der Waals surface area contributed by atoms with Crippen LogP contribution in [0.5, 0.6) is 11.5 Å². The van der Waals surface area contributed by atoms with Gasteiger partial charge in [-0.15, -0.1) is 0 Å². The lowest BCUT2D eigenvalue weighted by atomic mass is 10.3. The van der Waals surface area contributed by atoms with Gasteiger partial charge in [-0.25, -0.2) is 4.39 Å². The molecule has 1 unspecified atom stereocenters. The fraction of sp³-hybridized carbons (Fsp3) is 0.200. The van der Waals surface area contributed by atoms with E-state index in [1.807, 2.05) is 12.1 Å². The largest absolute Gasteiger partial charge is 0.493 e. The molecule has 5 heteroatoms. The third kappa shape index (κ3) is 3.81. The van der Waals surface area contributed by atoms with Crippen LogP contribution in [0.15, 0.2) is 53.4 Å². The maximum atomic E-state index is 12.8. The Morgan fingerprint density at radius 1 is 1.05 bits per heavy atom. The normalized spacial score (nSPS) is 11.9. The van der Waals surface area contributed by atoms with Crippen LogP contribution >= 0.6 is 0 Å². The van der Waals surface area contributed by atoms with Gasteiger partial charge in [-0.3, -0.25) is 4.21 Å². The number of para-hydroxylation sites is 2. The first-order chi connectivity index (χ1) is 9.70. The SMILES string of the molecule is COc1ccccc1OCCS(=O)c1ccc(F)cc1. The van der Waals surface area contributed by atoms with Crippen molar-refractivity contribution in [3.8, 4) is 11.5 Å². The molecule has 0 aliphatic rings. The van der Waals surface area contributed by atoms with E-state index in [-0.39, 0.29) is 5.82 Å². The fourth-order valence-corrected chi connectivity index (χ4v) is 2.58. The molecule has 0 saturated carbocycles. The topological polar surface area (TPSA) is 35.5 Å². The Hall–Kier alpha value is -1.88. The summed E-state index contributed by atoms with van der Waals surface area (Å²) in [5.74, 6) is 1.26. The van der Waals surface area contributed by atoms with Crippen LogP contribution in [0.3, 0.4) is 0 Å². The Labute approximate surface area is 119 Å². The van der Waals surface area contributed by atoms with Gasteiger partial charge in [-0.2, -0.15) is 0 Å². The number of hydrogen-bond acceptors (Lipinski definition) is 3. The summed E-state index contributed by atoms with van der Waals surface area (Å²) in [6.45, 7) is 0.296. The minimum absolute atomic E-state index is 0.296. The van der Waals surface area contributed by atoms with Crippen LogP contribution in [-0.2, 0) is 10.8 Å². The molecule has 0 saturated heterocycles. The summed E-state index contributed by atoms with van der Waals surface area (Å²) in [6, 6.07) is 12.9. The van der Waals surface area contributed by atoms with Gasteiger partial charge in [-0.05, 0) is 36.4 Å². The van der Waals surface area contributed by atoms with Gasteiger partial charge in [0.25, 0.3) is 0 Å². The number of rotatable bonds is 6.